The summed E-state index contributed by atoms with van der Waals surface area (Å²) in [5.74, 6) is 0.475. The van der Waals surface area contributed by atoms with Gasteiger partial charge in [0.05, 0.1) is 6.61 Å². The van der Waals surface area contributed by atoms with Crippen LogP contribution < -0.4 is 5.32 Å². The van der Waals surface area contributed by atoms with Gasteiger partial charge in [0.25, 0.3) is 0 Å². The van der Waals surface area contributed by atoms with Crippen molar-refractivity contribution in [1.29, 1.82) is 0 Å². The Morgan fingerprint density at radius 1 is 1.53 bits per heavy atom. The monoisotopic (exact) mass is 237 g/mol. The summed E-state index contributed by atoms with van der Waals surface area (Å²) in [4.78, 5) is 0. The average Bonchev–Trinajstić information content (AvgIpc) is 2.84. The minimum Gasteiger partial charge on any atom is -0.381 e. The molecule has 2 atom stereocenters. The third kappa shape index (κ3) is 3.27. The lowest BCUT2D eigenvalue weighted by molar-refractivity contribution is 0.178. The molecule has 1 fully saturated rings. The predicted octanol–water partition coefficient (Wildman–Crippen LogP) is 2.65. The Morgan fingerprint density at radius 2 is 2.35 bits per heavy atom. The van der Waals surface area contributed by atoms with Crippen molar-refractivity contribution in [2.75, 3.05) is 13.2 Å². The lowest BCUT2D eigenvalue weighted by atomic mass is 10.0. The van der Waals surface area contributed by atoms with Gasteiger partial charge >= 0.3 is 0 Å². The van der Waals surface area contributed by atoms with E-state index in [9.17, 15) is 4.39 Å². The second kappa shape index (κ2) is 5.61. The van der Waals surface area contributed by atoms with Crippen molar-refractivity contribution in [1.82, 2.24) is 5.32 Å². The van der Waals surface area contributed by atoms with Crippen molar-refractivity contribution in [3.63, 3.8) is 0 Å². The van der Waals surface area contributed by atoms with Crippen LogP contribution in [0.2, 0.25) is 0 Å². The molecule has 1 aromatic carbocycles. The van der Waals surface area contributed by atoms with Crippen LogP contribution in [0.3, 0.4) is 0 Å². The van der Waals surface area contributed by atoms with Crippen molar-refractivity contribution in [2.24, 2.45) is 5.92 Å². The lowest BCUT2D eigenvalue weighted by Crippen LogP contribution is -2.33. The highest BCUT2D eigenvalue weighted by Crippen LogP contribution is 2.17. The van der Waals surface area contributed by atoms with E-state index in [0.29, 0.717) is 17.5 Å². The summed E-state index contributed by atoms with van der Waals surface area (Å²) in [7, 11) is 0. The molecule has 3 heteroatoms. The second-order valence-corrected chi connectivity index (χ2v) is 4.88. The maximum Gasteiger partial charge on any atom is 0.126 e. The van der Waals surface area contributed by atoms with E-state index in [0.717, 1.165) is 31.7 Å². The third-order valence-corrected chi connectivity index (χ3v) is 3.52. The average molecular weight is 237 g/mol. The van der Waals surface area contributed by atoms with Crippen LogP contribution in [-0.4, -0.2) is 19.3 Å². The molecule has 2 rings (SSSR count). The van der Waals surface area contributed by atoms with Crippen molar-refractivity contribution >= 4 is 0 Å². The molecule has 1 aliphatic rings. The number of ether oxygens (including phenoxy) is 1. The van der Waals surface area contributed by atoms with E-state index in [4.69, 9.17) is 4.74 Å². The second-order valence-electron chi connectivity index (χ2n) is 4.88. The third-order valence-electron chi connectivity index (χ3n) is 3.52. The molecule has 1 saturated heterocycles. The van der Waals surface area contributed by atoms with E-state index < -0.39 is 0 Å². The molecule has 2 unspecified atom stereocenters. The molecular formula is C14H20FNO. The Bertz CT molecular complexity index is 374. The molecular weight excluding hydrogens is 217 g/mol. The number of hydrogen-bond acceptors (Lipinski definition) is 2. The molecule has 1 aromatic rings. The van der Waals surface area contributed by atoms with Crippen LogP contribution in [0.15, 0.2) is 18.2 Å². The summed E-state index contributed by atoms with van der Waals surface area (Å²) in [5, 5.41) is 3.49. The fourth-order valence-electron chi connectivity index (χ4n) is 2.21. The topological polar surface area (TPSA) is 21.3 Å². The van der Waals surface area contributed by atoms with E-state index in [1.807, 2.05) is 12.1 Å². The van der Waals surface area contributed by atoms with E-state index in [1.165, 1.54) is 6.07 Å². The van der Waals surface area contributed by atoms with Crippen LogP contribution in [0, 0.1) is 18.7 Å². The number of rotatable bonds is 4. The largest absolute Gasteiger partial charge is 0.381 e. The molecule has 0 aromatic heterocycles. The summed E-state index contributed by atoms with van der Waals surface area (Å²) < 4.78 is 18.5. The van der Waals surface area contributed by atoms with E-state index in [1.54, 1.807) is 6.92 Å². The molecule has 1 aliphatic heterocycles. The molecule has 0 radical (unpaired) electrons. The zero-order valence-electron chi connectivity index (χ0n) is 10.5. The van der Waals surface area contributed by atoms with Gasteiger partial charge in [-0.3, -0.25) is 0 Å². The number of aryl methyl sites for hydroxylation is 1. The van der Waals surface area contributed by atoms with Crippen LogP contribution >= 0.6 is 0 Å². The Balaban J connectivity index is 1.86. The number of nitrogens with one attached hydrogen (secondary N) is 1. The van der Waals surface area contributed by atoms with Gasteiger partial charge in [0, 0.05) is 19.2 Å². The first-order valence-electron chi connectivity index (χ1n) is 6.23. The van der Waals surface area contributed by atoms with Crippen molar-refractivity contribution in [3.8, 4) is 0 Å². The number of benzene rings is 1. The van der Waals surface area contributed by atoms with E-state index in [-0.39, 0.29) is 5.82 Å². The lowest BCUT2D eigenvalue weighted by Gasteiger charge is -2.19. The van der Waals surface area contributed by atoms with Crippen molar-refractivity contribution < 1.29 is 9.13 Å². The molecule has 0 saturated carbocycles. The van der Waals surface area contributed by atoms with Gasteiger partial charge in [0.1, 0.15) is 5.82 Å². The highest BCUT2D eigenvalue weighted by molar-refractivity contribution is 5.23. The first kappa shape index (κ1) is 12.5. The molecule has 0 aliphatic carbocycles. The Morgan fingerprint density at radius 3 is 3.00 bits per heavy atom. The number of halogens is 1. The van der Waals surface area contributed by atoms with Crippen LogP contribution in [0.4, 0.5) is 4.39 Å². The minimum absolute atomic E-state index is 0.133. The fourth-order valence-corrected chi connectivity index (χ4v) is 2.21. The van der Waals surface area contributed by atoms with E-state index in [2.05, 4.69) is 12.2 Å². The van der Waals surface area contributed by atoms with Crippen LogP contribution in [-0.2, 0) is 11.3 Å². The molecule has 0 bridgehead atoms. The molecule has 17 heavy (non-hydrogen) atoms. The minimum atomic E-state index is -0.133. The maximum absolute atomic E-state index is 13.1. The smallest absolute Gasteiger partial charge is 0.126 e. The maximum atomic E-state index is 13.1. The Hall–Kier alpha value is -0.930. The quantitative estimate of drug-likeness (QED) is 0.869. The molecule has 0 spiro atoms. The SMILES string of the molecule is Cc1cc(CNC(C)C2CCOC2)ccc1F. The molecule has 0 amide bonds. The normalized spacial score (nSPS) is 21.7. The molecule has 94 valence electrons. The van der Waals surface area contributed by atoms with Gasteiger partial charge in [-0.2, -0.15) is 0 Å². The van der Waals surface area contributed by atoms with Gasteiger partial charge in [-0.25, -0.2) is 4.39 Å². The highest BCUT2D eigenvalue weighted by atomic mass is 19.1. The van der Waals surface area contributed by atoms with Gasteiger partial charge in [-0.05, 0) is 43.4 Å². The summed E-state index contributed by atoms with van der Waals surface area (Å²) in [6, 6.07) is 5.73. The summed E-state index contributed by atoms with van der Waals surface area (Å²) in [6.45, 7) is 6.52. The van der Waals surface area contributed by atoms with Gasteiger partial charge in [-0.15, -0.1) is 0 Å². The van der Waals surface area contributed by atoms with Crippen LogP contribution in [0.1, 0.15) is 24.5 Å². The zero-order chi connectivity index (χ0) is 12.3. The van der Waals surface area contributed by atoms with Crippen LogP contribution in [0.25, 0.3) is 0 Å². The van der Waals surface area contributed by atoms with E-state index >= 15 is 0 Å². The standard InChI is InChI=1S/C14H20FNO/c1-10-7-12(3-4-14(10)15)8-16-11(2)13-5-6-17-9-13/h3-4,7,11,13,16H,5-6,8-9H2,1-2H3. The Labute approximate surface area is 102 Å². The zero-order valence-corrected chi connectivity index (χ0v) is 10.5. The fraction of sp³-hybridized carbons (Fsp3) is 0.571. The van der Waals surface area contributed by atoms with Crippen molar-refractivity contribution in [3.05, 3.63) is 35.1 Å². The number of hydrogen-bond donors (Lipinski definition) is 1. The predicted molar refractivity (Wildman–Crippen MR) is 66.4 cm³/mol. The van der Waals surface area contributed by atoms with Gasteiger partial charge < -0.3 is 10.1 Å². The van der Waals surface area contributed by atoms with Gasteiger partial charge in [0.2, 0.25) is 0 Å². The summed E-state index contributed by atoms with van der Waals surface area (Å²) in [5.41, 5.74) is 1.84. The summed E-state index contributed by atoms with van der Waals surface area (Å²) >= 11 is 0. The van der Waals surface area contributed by atoms with Gasteiger partial charge in [0.15, 0.2) is 0 Å². The summed E-state index contributed by atoms with van der Waals surface area (Å²) in [6.07, 6.45) is 1.14. The first-order chi connectivity index (χ1) is 8.16. The van der Waals surface area contributed by atoms with Crippen LogP contribution in [0.5, 0.6) is 0 Å². The molecule has 1 N–H and O–H groups in total. The van der Waals surface area contributed by atoms with Gasteiger partial charge in [-0.1, -0.05) is 12.1 Å². The Kier molecular flexibility index (Phi) is 4.13. The highest BCUT2D eigenvalue weighted by Gasteiger charge is 2.21. The van der Waals surface area contributed by atoms with Crippen molar-refractivity contribution in [2.45, 2.75) is 32.9 Å². The molecule has 1 heterocycles. The first-order valence-corrected chi connectivity index (χ1v) is 6.23. The molecule has 2 nitrogen and oxygen atoms in total.